The molecule has 5 nitrogen and oxygen atoms in total. The summed E-state index contributed by atoms with van der Waals surface area (Å²) in [5, 5.41) is 1.71. The number of unbranched alkanes of at least 4 members (excludes halogenated alkanes) is 1. The van der Waals surface area contributed by atoms with E-state index in [1.54, 1.807) is 24.1 Å². The van der Waals surface area contributed by atoms with Gasteiger partial charge in [-0.1, -0.05) is 39.3 Å². The number of likely N-dealkylation sites (N-methyl/N-ethyl adjacent to an activating group) is 2. The van der Waals surface area contributed by atoms with Crippen molar-refractivity contribution in [1.82, 2.24) is 9.96 Å². The summed E-state index contributed by atoms with van der Waals surface area (Å²) in [6.45, 7) is 8.49. The van der Waals surface area contributed by atoms with E-state index >= 15 is 0 Å². The third-order valence-electron chi connectivity index (χ3n) is 3.86. The van der Waals surface area contributed by atoms with Crippen molar-refractivity contribution in [2.45, 2.75) is 39.5 Å². The number of hydrogen-bond acceptors (Lipinski definition) is 4. The van der Waals surface area contributed by atoms with Crippen LogP contribution >= 0.6 is 0 Å². The van der Waals surface area contributed by atoms with Crippen LogP contribution in [0.1, 0.15) is 45.1 Å². The topological polar surface area (TPSA) is 42.0 Å². The number of amides is 1. The highest BCUT2D eigenvalue weighted by atomic mass is 16.7. The average molecular weight is 336 g/mol. The number of rotatable bonds is 11. The van der Waals surface area contributed by atoms with Gasteiger partial charge < -0.3 is 9.64 Å². The summed E-state index contributed by atoms with van der Waals surface area (Å²) in [7, 11) is 3.51. The number of carbonyl (C=O) groups is 1. The lowest BCUT2D eigenvalue weighted by Crippen LogP contribution is -2.37. The second-order valence-corrected chi connectivity index (χ2v) is 6.22. The SMILES string of the molecule is CCCCOc1cccc(C(C)CON(CC)CC(=O)N(C)C)c1. The van der Waals surface area contributed by atoms with Crippen molar-refractivity contribution in [3.8, 4) is 5.75 Å². The van der Waals surface area contributed by atoms with Crippen LogP contribution in [0.25, 0.3) is 0 Å². The van der Waals surface area contributed by atoms with Gasteiger partial charge in [0, 0.05) is 26.6 Å². The molecule has 0 saturated carbocycles. The molecule has 0 spiro atoms. The van der Waals surface area contributed by atoms with E-state index in [9.17, 15) is 4.79 Å². The van der Waals surface area contributed by atoms with Crippen molar-refractivity contribution in [2.24, 2.45) is 0 Å². The normalized spacial score (nSPS) is 12.2. The largest absolute Gasteiger partial charge is 0.494 e. The van der Waals surface area contributed by atoms with Gasteiger partial charge in [0.25, 0.3) is 0 Å². The Morgan fingerprint density at radius 1 is 1.25 bits per heavy atom. The van der Waals surface area contributed by atoms with Crippen molar-refractivity contribution in [3.05, 3.63) is 29.8 Å². The molecule has 0 aliphatic heterocycles. The molecule has 0 bridgehead atoms. The Kier molecular flexibility index (Phi) is 9.42. The first-order valence-electron chi connectivity index (χ1n) is 8.78. The summed E-state index contributed by atoms with van der Waals surface area (Å²) in [6, 6.07) is 8.16. The first-order valence-corrected chi connectivity index (χ1v) is 8.78. The number of benzene rings is 1. The Hall–Kier alpha value is -1.59. The molecule has 1 aromatic carbocycles. The van der Waals surface area contributed by atoms with Gasteiger partial charge in [-0.05, 0) is 24.1 Å². The molecule has 0 N–H and O–H groups in total. The van der Waals surface area contributed by atoms with Crippen molar-refractivity contribution in [1.29, 1.82) is 0 Å². The van der Waals surface area contributed by atoms with Gasteiger partial charge in [0.05, 0.1) is 13.2 Å². The van der Waals surface area contributed by atoms with Crippen molar-refractivity contribution < 1.29 is 14.4 Å². The third kappa shape index (κ3) is 7.32. The Morgan fingerprint density at radius 2 is 2.00 bits per heavy atom. The van der Waals surface area contributed by atoms with Crippen LogP contribution in [-0.4, -0.2) is 56.3 Å². The zero-order valence-electron chi connectivity index (χ0n) is 15.7. The van der Waals surface area contributed by atoms with E-state index in [1.807, 2.05) is 19.1 Å². The highest BCUT2D eigenvalue weighted by molar-refractivity contribution is 5.77. The number of ether oxygens (including phenoxy) is 1. The van der Waals surface area contributed by atoms with E-state index in [2.05, 4.69) is 26.0 Å². The maximum Gasteiger partial charge on any atom is 0.238 e. The molecule has 5 heteroatoms. The third-order valence-corrected chi connectivity index (χ3v) is 3.86. The number of hydrogen-bond donors (Lipinski definition) is 0. The van der Waals surface area contributed by atoms with Crippen LogP contribution in [0.5, 0.6) is 5.75 Å². The first-order chi connectivity index (χ1) is 11.5. The lowest BCUT2D eigenvalue weighted by molar-refractivity contribution is -0.171. The second kappa shape index (κ2) is 11.0. The van der Waals surface area contributed by atoms with Gasteiger partial charge in [0.1, 0.15) is 12.3 Å². The van der Waals surface area contributed by atoms with Crippen LogP contribution in [0, 0.1) is 0 Å². The quantitative estimate of drug-likeness (QED) is 0.459. The molecule has 0 aliphatic rings. The van der Waals surface area contributed by atoms with Crippen molar-refractivity contribution in [3.63, 3.8) is 0 Å². The molecular formula is C19H32N2O3. The lowest BCUT2D eigenvalue weighted by atomic mass is 10.0. The fourth-order valence-electron chi connectivity index (χ4n) is 2.10. The van der Waals surface area contributed by atoms with Crippen LogP contribution in [0.15, 0.2) is 24.3 Å². The minimum atomic E-state index is 0.0378. The van der Waals surface area contributed by atoms with Crippen molar-refractivity contribution >= 4 is 5.91 Å². The van der Waals surface area contributed by atoms with Crippen LogP contribution in [-0.2, 0) is 9.63 Å². The Bertz CT molecular complexity index is 491. The fourth-order valence-corrected chi connectivity index (χ4v) is 2.10. The van der Waals surface area contributed by atoms with Gasteiger partial charge in [0.15, 0.2) is 0 Å². The second-order valence-electron chi connectivity index (χ2n) is 6.22. The van der Waals surface area contributed by atoms with Gasteiger partial charge >= 0.3 is 0 Å². The Morgan fingerprint density at radius 3 is 2.62 bits per heavy atom. The molecule has 0 heterocycles. The molecule has 0 saturated heterocycles. The summed E-state index contributed by atoms with van der Waals surface area (Å²) in [6.07, 6.45) is 2.19. The zero-order valence-corrected chi connectivity index (χ0v) is 15.7. The maximum atomic E-state index is 11.8. The minimum absolute atomic E-state index is 0.0378. The molecule has 1 atom stereocenters. The van der Waals surface area contributed by atoms with E-state index in [-0.39, 0.29) is 18.4 Å². The van der Waals surface area contributed by atoms with Crippen LogP contribution in [0.2, 0.25) is 0 Å². The molecule has 24 heavy (non-hydrogen) atoms. The van der Waals surface area contributed by atoms with Gasteiger partial charge in [-0.2, -0.15) is 5.06 Å². The summed E-state index contributed by atoms with van der Waals surface area (Å²) in [4.78, 5) is 19.2. The smallest absolute Gasteiger partial charge is 0.238 e. The maximum absolute atomic E-state index is 11.8. The molecular weight excluding hydrogens is 304 g/mol. The van der Waals surface area contributed by atoms with E-state index in [1.165, 1.54) is 5.56 Å². The molecule has 1 rings (SSSR count). The molecule has 0 aliphatic carbocycles. The van der Waals surface area contributed by atoms with Crippen molar-refractivity contribution in [2.75, 3.05) is 40.4 Å². The number of carbonyl (C=O) groups excluding carboxylic acids is 1. The molecule has 0 aromatic heterocycles. The summed E-state index contributed by atoms with van der Waals surface area (Å²) < 4.78 is 5.76. The monoisotopic (exact) mass is 336 g/mol. The van der Waals surface area contributed by atoms with Crippen LogP contribution in [0.3, 0.4) is 0 Å². The lowest BCUT2D eigenvalue weighted by Gasteiger charge is -2.23. The molecule has 1 amide bonds. The molecule has 0 fully saturated rings. The summed E-state index contributed by atoms with van der Waals surface area (Å²) in [5.74, 6) is 1.17. The van der Waals surface area contributed by atoms with Crippen LogP contribution in [0.4, 0.5) is 0 Å². The molecule has 1 unspecified atom stereocenters. The zero-order chi connectivity index (χ0) is 17.9. The van der Waals surface area contributed by atoms with Gasteiger partial charge in [-0.3, -0.25) is 9.63 Å². The summed E-state index contributed by atoms with van der Waals surface area (Å²) in [5.41, 5.74) is 1.18. The number of nitrogens with zero attached hydrogens (tertiary/aromatic N) is 2. The summed E-state index contributed by atoms with van der Waals surface area (Å²) >= 11 is 0. The standard InChI is InChI=1S/C19H32N2O3/c1-6-8-12-23-18-11-9-10-17(13-18)16(3)15-24-21(7-2)14-19(22)20(4)5/h9-11,13,16H,6-8,12,14-15H2,1-5H3. The van der Waals surface area contributed by atoms with Gasteiger partial charge in [-0.15, -0.1) is 0 Å². The molecule has 0 radical (unpaired) electrons. The highest BCUT2D eigenvalue weighted by Crippen LogP contribution is 2.21. The van der Waals surface area contributed by atoms with Gasteiger partial charge in [0.2, 0.25) is 5.91 Å². The fraction of sp³-hybridized carbons (Fsp3) is 0.632. The Labute approximate surface area is 146 Å². The van der Waals surface area contributed by atoms with E-state index in [0.29, 0.717) is 13.2 Å². The minimum Gasteiger partial charge on any atom is -0.494 e. The Balaban J connectivity index is 2.52. The number of hydroxylamine groups is 2. The average Bonchev–Trinajstić information content (AvgIpc) is 2.58. The van der Waals surface area contributed by atoms with Crippen LogP contribution < -0.4 is 4.74 Å². The predicted octanol–water partition coefficient (Wildman–Crippen LogP) is 3.31. The van der Waals surface area contributed by atoms with E-state index < -0.39 is 0 Å². The highest BCUT2D eigenvalue weighted by Gasteiger charge is 2.14. The predicted molar refractivity (Wildman–Crippen MR) is 97.2 cm³/mol. The van der Waals surface area contributed by atoms with E-state index in [0.717, 1.165) is 25.2 Å². The van der Waals surface area contributed by atoms with Gasteiger partial charge in [-0.25, -0.2) is 0 Å². The molecule has 1 aromatic rings. The molecule has 136 valence electrons. The first kappa shape index (κ1) is 20.5. The van der Waals surface area contributed by atoms with E-state index in [4.69, 9.17) is 9.57 Å².